The number of hydrogen-bond acceptors (Lipinski definition) is 3. The van der Waals surface area contributed by atoms with Gasteiger partial charge in [-0.15, -0.1) is 0 Å². The molecular weight excluding hydrogens is 192 g/mol. The molecule has 0 aliphatic heterocycles. The maximum Gasteiger partial charge on any atom is 0.269 e. The van der Waals surface area contributed by atoms with Crippen LogP contribution in [0.2, 0.25) is 0 Å². The lowest BCUT2D eigenvalue weighted by molar-refractivity contribution is -0.384. The Hall–Kier alpha value is -1.42. The third-order valence-corrected chi connectivity index (χ3v) is 3.15. The number of hydrogen-bond donors (Lipinski definition) is 1. The van der Waals surface area contributed by atoms with Gasteiger partial charge >= 0.3 is 0 Å². The van der Waals surface area contributed by atoms with Gasteiger partial charge in [0.2, 0.25) is 0 Å². The monoisotopic (exact) mass is 206 g/mol. The molecule has 1 aromatic carbocycles. The lowest BCUT2D eigenvalue weighted by Crippen LogP contribution is -2.32. The van der Waals surface area contributed by atoms with Crippen molar-refractivity contribution in [1.82, 2.24) is 0 Å². The van der Waals surface area contributed by atoms with E-state index in [0.717, 1.165) is 31.2 Å². The molecule has 1 aliphatic carbocycles. The first kappa shape index (κ1) is 10.1. The van der Waals surface area contributed by atoms with Crippen LogP contribution in [0.25, 0.3) is 0 Å². The molecule has 1 aliphatic rings. The van der Waals surface area contributed by atoms with Gasteiger partial charge in [0.05, 0.1) is 4.92 Å². The Balaban J connectivity index is 2.26. The van der Waals surface area contributed by atoms with Gasteiger partial charge in [-0.1, -0.05) is 25.0 Å². The minimum absolute atomic E-state index is 0.125. The largest absolute Gasteiger partial charge is 0.321 e. The maximum atomic E-state index is 10.5. The molecule has 0 aromatic heterocycles. The first-order chi connectivity index (χ1) is 7.12. The van der Waals surface area contributed by atoms with Crippen molar-refractivity contribution in [3.8, 4) is 0 Å². The van der Waals surface area contributed by atoms with E-state index in [4.69, 9.17) is 5.73 Å². The Bertz CT molecular complexity index is 367. The standard InChI is InChI=1S/C11H14N2O2/c12-11(7-1-2-8-11)9-3-5-10(6-4-9)13(14)15/h3-6H,1-2,7-8,12H2. The van der Waals surface area contributed by atoms with Gasteiger partial charge < -0.3 is 5.73 Å². The second kappa shape index (κ2) is 3.62. The molecule has 15 heavy (non-hydrogen) atoms. The Morgan fingerprint density at radius 1 is 1.20 bits per heavy atom. The van der Waals surface area contributed by atoms with Crippen LogP contribution in [-0.4, -0.2) is 4.92 Å². The van der Waals surface area contributed by atoms with Gasteiger partial charge in [-0.25, -0.2) is 0 Å². The van der Waals surface area contributed by atoms with Crippen LogP contribution in [0.4, 0.5) is 5.69 Å². The highest BCUT2D eigenvalue weighted by molar-refractivity contribution is 5.36. The van der Waals surface area contributed by atoms with Crippen LogP contribution in [-0.2, 0) is 5.54 Å². The van der Waals surface area contributed by atoms with Crippen LogP contribution < -0.4 is 5.73 Å². The van der Waals surface area contributed by atoms with E-state index in [1.807, 2.05) is 0 Å². The molecule has 1 aromatic rings. The summed E-state index contributed by atoms with van der Waals surface area (Å²) >= 11 is 0. The van der Waals surface area contributed by atoms with Crippen molar-refractivity contribution in [3.63, 3.8) is 0 Å². The molecule has 4 heteroatoms. The summed E-state index contributed by atoms with van der Waals surface area (Å²) in [5, 5.41) is 10.5. The number of nitro groups is 1. The minimum atomic E-state index is -0.387. The van der Waals surface area contributed by atoms with Crippen LogP contribution in [0, 0.1) is 10.1 Å². The van der Waals surface area contributed by atoms with E-state index in [1.165, 1.54) is 12.1 Å². The average Bonchev–Trinajstić information content (AvgIpc) is 2.67. The highest BCUT2D eigenvalue weighted by Crippen LogP contribution is 2.36. The summed E-state index contributed by atoms with van der Waals surface area (Å²) in [7, 11) is 0. The molecule has 0 heterocycles. The first-order valence-electron chi connectivity index (χ1n) is 5.16. The Morgan fingerprint density at radius 3 is 2.20 bits per heavy atom. The van der Waals surface area contributed by atoms with Gasteiger partial charge in [-0.05, 0) is 18.4 Å². The number of non-ortho nitro benzene ring substituents is 1. The second-order valence-corrected chi connectivity index (χ2v) is 4.17. The van der Waals surface area contributed by atoms with Crippen molar-refractivity contribution in [2.75, 3.05) is 0 Å². The predicted molar refractivity (Wildman–Crippen MR) is 57.4 cm³/mol. The Morgan fingerprint density at radius 2 is 1.73 bits per heavy atom. The molecule has 0 spiro atoms. The Labute approximate surface area is 88.2 Å². The quantitative estimate of drug-likeness (QED) is 0.596. The molecule has 0 unspecified atom stereocenters. The molecular formula is C11H14N2O2. The molecule has 1 fully saturated rings. The topological polar surface area (TPSA) is 69.2 Å². The highest BCUT2D eigenvalue weighted by Gasteiger charge is 2.31. The highest BCUT2D eigenvalue weighted by atomic mass is 16.6. The summed E-state index contributed by atoms with van der Waals surface area (Å²) < 4.78 is 0. The van der Waals surface area contributed by atoms with E-state index in [2.05, 4.69) is 0 Å². The fraction of sp³-hybridized carbons (Fsp3) is 0.455. The zero-order valence-corrected chi connectivity index (χ0v) is 8.48. The van der Waals surface area contributed by atoms with Crippen molar-refractivity contribution >= 4 is 5.69 Å². The van der Waals surface area contributed by atoms with Crippen LogP contribution in [0.5, 0.6) is 0 Å². The van der Waals surface area contributed by atoms with Crippen LogP contribution >= 0.6 is 0 Å². The zero-order chi connectivity index (χ0) is 10.9. The number of nitrogens with two attached hydrogens (primary N) is 1. The number of nitro benzene ring substituents is 1. The van der Waals surface area contributed by atoms with Gasteiger partial charge in [0.25, 0.3) is 5.69 Å². The number of rotatable bonds is 2. The summed E-state index contributed by atoms with van der Waals surface area (Å²) in [6, 6.07) is 6.62. The fourth-order valence-corrected chi connectivity index (χ4v) is 2.21. The van der Waals surface area contributed by atoms with Crippen LogP contribution in [0.3, 0.4) is 0 Å². The Kier molecular flexibility index (Phi) is 2.44. The summed E-state index contributed by atoms with van der Waals surface area (Å²) in [5.74, 6) is 0. The predicted octanol–water partition coefficient (Wildman–Crippen LogP) is 2.32. The molecule has 0 radical (unpaired) electrons. The first-order valence-corrected chi connectivity index (χ1v) is 5.16. The molecule has 0 amide bonds. The molecule has 0 saturated heterocycles. The maximum absolute atomic E-state index is 10.5. The molecule has 4 nitrogen and oxygen atoms in total. The molecule has 80 valence electrons. The van der Waals surface area contributed by atoms with Crippen molar-refractivity contribution in [3.05, 3.63) is 39.9 Å². The van der Waals surface area contributed by atoms with Crippen LogP contribution in [0.15, 0.2) is 24.3 Å². The lowest BCUT2D eigenvalue weighted by atomic mass is 9.89. The normalized spacial score (nSPS) is 19.0. The SMILES string of the molecule is NC1(c2ccc([N+](=O)[O-])cc2)CCCC1. The molecule has 0 atom stereocenters. The zero-order valence-electron chi connectivity index (χ0n) is 8.48. The van der Waals surface area contributed by atoms with Gasteiger partial charge in [-0.3, -0.25) is 10.1 Å². The van der Waals surface area contributed by atoms with Gasteiger partial charge in [0.1, 0.15) is 0 Å². The summed E-state index contributed by atoms with van der Waals surface area (Å²) in [6.07, 6.45) is 4.25. The summed E-state index contributed by atoms with van der Waals surface area (Å²) in [5.41, 5.74) is 7.13. The van der Waals surface area contributed by atoms with Gasteiger partial charge in [0.15, 0.2) is 0 Å². The van der Waals surface area contributed by atoms with Gasteiger partial charge in [-0.2, -0.15) is 0 Å². The van der Waals surface area contributed by atoms with Crippen molar-refractivity contribution in [2.45, 2.75) is 31.2 Å². The van der Waals surface area contributed by atoms with E-state index in [1.54, 1.807) is 12.1 Å². The van der Waals surface area contributed by atoms with E-state index >= 15 is 0 Å². The van der Waals surface area contributed by atoms with E-state index in [0.29, 0.717) is 0 Å². The van der Waals surface area contributed by atoms with Gasteiger partial charge in [0, 0.05) is 17.7 Å². The van der Waals surface area contributed by atoms with Crippen LogP contribution in [0.1, 0.15) is 31.2 Å². The summed E-state index contributed by atoms with van der Waals surface area (Å²) in [4.78, 5) is 10.1. The van der Waals surface area contributed by atoms with E-state index in [-0.39, 0.29) is 16.1 Å². The number of benzene rings is 1. The molecule has 2 N–H and O–H groups in total. The van der Waals surface area contributed by atoms with Crippen molar-refractivity contribution in [2.24, 2.45) is 5.73 Å². The molecule has 1 saturated carbocycles. The molecule has 2 rings (SSSR count). The molecule has 0 bridgehead atoms. The third-order valence-electron chi connectivity index (χ3n) is 3.15. The van der Waals surface area contributed by atoms with E-state index in [9.17, 15) is 10.1 Å². The minimum Gasteiger partial charge on any atom is -0.321 e. The van der Waals surface area contributed by atoms with Crippen molar-refractivity contribution in [1.29, 1.82) is 0 Å². The number of nitrogens with zero attached hydrogens (tertiary/aromatic N) is 1. The lowest BCUT2D eigenvalue weighted by Gasteiger charge is -2.23. The van der Waals surface area contributed by atoms with E-state index < -0.39 is 0 Å². The summed E-state index contributed by atoms with van der Waals surface area (Å²) in [6.45, 7) is 0. The second-order valence-electron chi connectivity index (χ2n) is 4.17. The third kappa shape index (κ3) is 1.85. The smallest absolute Gasteiger partial charge is 0.269 e. The van der Waals surface area contributed by atoms with Crippen molar-refractivity contribution < 1.29 is 4.92 Å². The average molecular weight is 206 g/mol. The fourth-order valence-electron chi connectivity index (χ4n) is 2.21.